The van der Waals surface area contributed by atoms with Crippen molar-refractivity contribution in [2.45, 2.75) is 44.6 Å². The Kier molecular flexibility index (Phi) is 5.39. The molecule has 0 aliphatic rings. The number of hydrogen-bond donors (Lipinski definition) is 1. The second-order valence-corrected chi connectivity index (χ2v) is 7.47. The predicted molar refractivity (Wildman–Crippen MR) is 83.5 cm³/mol. The zero-order chi connectivity index (χ0) is 16.3. The van der Waals surface area contributed by atoms with Crippen LogP contribution in [0.5, 0.6) is 0 Å². The van der Waals surface area contributed by atoms with Gasteiger partial charge in [-0.25, -0.2) is 13.2 Å². The third-order valence-electron chi connectivity index (χ3n) is 3.48. The largest absolute Gasteiger partial charge is 0.480 e. The predicted octanol–water partition coefficient (Wildman–Crippen LogP) is 2.56. The van der Waals surface area contributed by atoms with Crippen molar-refractivity contribution in [3.63, 3.8) is 0 Å². The summed E-state index contributed by atoms with van der Waals surface area (Å²) in [6.45, 7) is 7.16. The van der Waals surface area contributed by atoms with Gasteiger partial charge in [-0.05, 0) is 39.3 Å². The third kappa shape index (κ3) is 3.56. The minimum absolute atomic E-state index is 0.0507. The highest BCUT2D eigenvalue weighted by Crippen LogP contribution is 2.31. The number of aliphatic carboxylic acids is 1. The van der Waals surface area contributed by atoms with E-state index in [1.807, 2.05) is 6.92 Å². The van der Waals surface area contributed by atoms with Crippen LogP contribution in [0.15, 0.2) is 29.2 Å². The average Bonchev–Trinajstić information content (AvgIpc) is 2.39. The zero-order valence-corrected chi connectivity index (χ0v) is 13.8. The molecule has 1 aromatic carbocycles. The molecule has 6 heteroatoms. The molecular formula is C15H23NO4S. The standard InChI is InChI=1S/C15H23NO4S/c1-5-11-21(19,20)13-10-8-7-9-12(13)16(6-2)15(3,4)14(17)18/h7-10H,5-6,11H2,1-4H3,(H,17,18). The number of carboxylic acid groups (broad SMARTS) is 1. The van der Waals surface area contributed by atoms with Gasteiger partial charge in [0.15, 0.2) is 9.84 Å². The van der Waals surface area contributed by atoms with Crippen LogP contribution in [0, 0.1) is 0 Å². The van der Waals surface area contributed by atoms with Crippen LogP contribution >= 0.6 is 0 Å². The maximum atomic E-state index is 12.4. The lowest BCUT2D eigenvalue weighted by molar-refractivity contribution is -0.142. The molecular weight excluding hydrogens is 290 g/mol. The topological polar surface area (TPSA) is 74.7 Å². The SMILES string of the molecule is CCCS(=O)(=O)c1ccccc1N(CC)C(C)(C)C(=O)O. The number of benzene rings is 1. The van der Waals surface area contributed by atoms with E-state index in [4.69, 9.17) is 0 Å². The summed E-state index contributed by atoms with van der Waals surface area (Å²) in [5.41, 5.74) is -0.743. The normalized spacial score (nSPS) is 12.2. The second kappa shape index (κ2) is 6.47. The molecule has 5 nitrogen and oxygen atoms in total. The molecule has 0 aromatic heterocycles. The maximum Gasteiger partial charge on any atom is 0.328 e. The summed E-state index contributed by atoms with van der Waals surface area (Å²) in [7, 11) is -3.42. The molecule has 0 unspecified atom stereocenters. The van der Waals surface area contributed by atoms with Crippen molar-refractivity contribution in [3.05, 3.63) is 24.3 Å². The van der Waals surface area contributed by atoms with Crippen LogP contribution in [0.25, 0.3) is 0 Å². The minimum Gasteiger partial charge on any atom is -0.480 e. The fourth-order valence-electron chi connectivity index (χ4n) is 2.30. The number of carboxylic acids is 1. The molecule has 1 aromatic rings. The van der Waals surface area contributed by atoms with Crippen LogP contribution in [0.2, 0.25) is 0 Å². The van der Waals surface area contributed by atoms with Gasteiger partial charge in [0, 0.05) is 6.54 Å². The zero-order valence-electron chi connectivity index (χ0n) is 13.0. The first-order valence-electron chi connectivity index (χ1n) is 7.01. The molecule has 0 saturated carbocycles. The molecule has 118 valence electrons. The van der Waals surface area contributed by atoms with Gasteiger partial charge < -0.3 is 10.0 Å². The fraction of sp³-hybridized carbons (Fsp3) is 0.533. The number of sulfone groups is 1. The van der Waals surface area contributed by atoms with Crippen LogP contribution in [-0.2, 0) is 14.6 Å². The molecule has 0 saturated heterocycles. The van der Waals surface area contributed by atoms with Gasteiger partial charge in [0.2, 0.25) is 0 Å². The van der Waals surface area contributed by atoms with Gasteiger partial charge in [0.1, 0.15) is 5.54 Å². The molecule has 0 radical (unpaired) electrons. The summed E-state index contributed by atoms with van der Waals surface area (Å²) >= 11 is 0. The van der Waals surface area contributed by atoms with Gasteiger partial charge in [0.05, 0.1) is 16.3 Å². The Morgan fingerprint density at radius 2 is 1.81 bits per heavy atom. The van der Waals surface area contributed by atoms with E-state index in [9.17, 15) is 18.3 Å². The van der Waals surface area contributed by atoms with E-state index in [1.165, 1.54) is 0 Å². The second-order valence-electron chi connectivity index (χ2n) is 5.40. The number of nitrogens with zero attached hydrogens (tertiary/aromatic N) is 1. The molecule has 0 fully saturated rings. The molecule has 0 heterocycles. The van der Waals surface area contributed by atoms with Gasteiger partial charge >= 0.3 is 5.97 Å². The molecule has 0 atom stereocenters. The molecule has 0 spiro atoms. The van der Waals surface area contributed by atoms with Crippen molar-refractivity contribution in [1.82, 2.24) is 0 Å². The molecule has 1 N–H and O–H groups in total. The van der Waals surface area contributed by atoms with Crippen LogP contribution in [0.4, 0.5) is 5.69 Å². The van der Waals surface area contributed by atoms with Gasteiger partial charge in [-0.15, -0.1) is 0 Å². The lowest BCUT2D eigenvalue weighted by Crippen LogP contribution is -2.50. The van der Waals surface area contributed by atoms with Gasteiger partial charge in [-0.2, -0.15) is 0 Å². The Morgan fingerprint density at radius 1 is 1.24 bits per heavy atom. The number of para-hydroxylation sites is 1. The quantitative estimate of drug-likeness (QED) is 0.837. The summed E-state index contributed by atoms with van der Waals surface area (Å²) in [5, 5.41) is 9.41. The lowest BCUT2D eigenvalue weighted by atomic mass is 10.0. The van der Waals surface area contributed by atoms with E-state index in [0.717, 1.165) is 0 Å². The molecule has 0 aliphatic carbocycles. The number of rotatable bonds is 7. The first-order valence-corrected chi connectivity index (χ1v) is 8.66. The Morgan fingerprint density at radius 3 is 2.29 bits per heavy atom. The number of hydrogen-bond acceptors (Lipinski definition) is 4. The summed E-state index contributed by atoms with van der Waals surface area (Å²) in [6, 6.07) is 6.59. The fourth-order valence-corrected chi connectivity index (χ4v) is 3.84. The monoisotopic (exact) mass is 313 g/mol. The average molecular weight is 313 g/mol. The molecule has 0 amide bonds. The van der Waals surface area contributed by atoms with Crippen molar-refractivity contribution >= 4 is 21.5 Å². The molecule has 1 rings (SSSR count). The van der Waals surface area contributed by atoms with E-state index in [1.54, 1.807) is 49.9 Å². The first-order chi connectivity index (χ1) is 9.68. The van der Waals surface area contributed by atoms with Gasteiger partial charge in [-0.1, -0.05) is 19.1 Å². The Balaban J connectivity index is 3.47. The lowest BCUT2D eigenvalue weighted by Gasteiger charge is -2.37. The van der Waals surface area contributed by atoms with Crippen molar-refractivity contribution < 1.29 is 18.3 Å². The number of anilines is 1. The highest BCUT2D eigenvalue weighted by Gasteiger charge is 2.36. The van der Waals surface area contributed by atoms with Crippen molar-refractivity contribution in [1.29, 1.82) is 0 Å². The molecule has 0 bridgehead atoms. The molecule has 0 aliphatic heterocycles. The van der Waals surface area contributed by atoms with Crippen LogP contribution in [0.3, 0.4) is 0 Å². The number of likely N-dealkylation sites (N-methyl/N-ethyl adjacent to an activating group) is 1. The van der Waals surface area contributed by atoms with E-state index >= 15 is 0 Å². The summed E-state index contributed by atoms with van der Waals surface area (Å²) in [5.74, 6) is -0.943. The van der Waals surface area contributed by atoms with Crippen molar-refractivity contribution in [2.75, 3.05) is 17.2 Å². The maximum absolute atomic E-state index is 12.4. The molecule has 21 heavy (non-hydrogen) atoms. The highest BCUT2D eigenvalue weighted by atomic mass is 32.2. The Hall–Kier alpha value is -1.56. The first kappa shape index (κ1) is 17.5. The van der Waals surface area contributed by atoms with E-state index in [2.05, 4.69) is 0 Å². The van der Waals surface area contributed by atoms with E-state index in [0.29, 0.717) is 18.7 Å². The minimum atomic E-state index is -3.42. The van der Waals surface area contributed by atoms with Crippen LogP contribution in [0.1, 0.15) is 34.1 Å². The van der Waals surface area contributed by atoms with Gasteiger partial charge in [-0.3, -0.25) is 0 Å². The van der Waals surface area contributed by atoms with Crippen molar-refractivity contribution in [2.24, 2.45) is 0 Å². The Labute approximate surface area is 126 Å². The smallest absolute Gasteiger partial charge is 0.328 e. The van der Waals surface area contributed by atoms with E-state index < -0.39 is 21.3 Å². The van der Waals surface area contributed by atoms with E-state index in [-0.39, 0.29) is 10.6 Å². The summed E-state index contributed by atoms with van der Waals surface area (Å²) in [6.07, 6.45) is 0.519. The number of carbonyl (C=O) groups is 1. The van der Waals surface area contributed by atoms with Gasteiger partial charge in [0.25, 0.3) is 0 Å². The van der Waals surface area contributed by atoms with Crippen LogP contribution < -0.4 is 4.90 Å². The third-order valence-corrected chi connectivity index (χ3v) is 5.44. The highest BCUT2D eigenvalue weighted by molar-refractivity contribution is 7.91. The summed E-state index contributed by atoms with van der Waals surface area (Å²) in [4.78, 5) is 13.3. The van der Waals surface area contributed by atoms with Crippen molar-refractivity contribution in [3.8, 4) is 0 Å². The summed E-state index contributed by atoms with van der Waals surface area (Å²) < 4.78 is 24.8. The Bertz CT molecular complexity index is 608. The van der Waals surface area contributed by atoms with Crippen LogP contribution in [-0.4, -0.2) is 37.3 Å².